The van der Waals surface area contributed by atoms with E-state index in [4.69, 9.17) is 0 Å². The van der Waals surface area contributed by atoms with Crippen molar-refractivity contribution in [2.24, 2.45) is 16.2 Å². The van der Waals surface area contributed by atoms with Crippen molar-refractivity contribution in [1.82, 2.24) is 5.43 Å². The van der Waals surface area contributed by atoms with Gasteiger partial charge in [-0.2, -0.15) is 0 Å². The fraction of sp³-hybridized carbons (Fsp3) is 0.562. The van der Waals surface area contributed by atoms with Gasteiger partial charge in [-0.25, -0.2) is 0 Å². The molecule has 9 nitrogen and oxygen atoms in total. The van der Waals surface area contributed by atoms with Crippen molar-refractivity contribution in [3.05, 3.63) is 38.4 Å². The molecular weight excluding hydrogens is 568 g/mol. The van der Waals surface area contributed by atoms with Crippen LogP contribution in [0.1, 0.15) is 26.7 Å². The van der Waals surface area contributed by atoms with Crippen LogP contribution in [-0.4, -0.2) is 24.3 Å². The molecule has 0 saturated heterocycles. The average molecular weight is 585 g/mol. The number of nitro groups is 2. The fourth-order valence-corrected chi connectivity index (χ4v) is 9.74. The van der Waals surface area contributed by atoms with Gasteiger partial charge in [0.2, 0.25) is 5.91 Å². The van der Waals surface area contributed by atoms with Gasteiger partial charge in [0.05, 0.1) is 25.1 Å². The Morgan fingerprint density at radius 1 is 1.21 bits per heavy atom. The van der Waals surface area contributed by atoms with Crippen molar-refractivity contribution in [3.63, 3.8) is 0 Å². The summed E-state index contributed by atoms with van der Waals surface area (Å²) in [7, 11) is 0. The number of halogens is 3. The minimum atomic E-state index is -0.735. The summed E-state index contributed by atoms with van der Waals surface area (Å²) in [6, 6.07) is 3.20. The molecule has 3 fully saturated rings. The Kier molecular flexibility index (Phi) is 5.29. The van der Waals surface area contributed by atoms with Crippen LogP contribution in [0, 0.1) is 36.5 Å². The van der Waals surface area contributed by atoms with E-state index in [1.54, 1.807) is 0 Å². The topological polar surface area (TPSA) is 127 Å². The number of nitro benzene ring substituents is 2. The second-order valence-electron chi connectivity index (χ2n) is 7.59. The molecule has 3 aliphatic carbocycles. The van der Waals surface area contributed by atoms with E-state index >= 15 is 0 Å². The number of amides is 1. The van der Waals surface area contributed by atoms with Crippen LogP contribution in [0.15, 0.2) is 18.2 Å². The van der Waals surface area contributed by atoms with Gasteiger partial charge < -0.3 is 0 Å². The third kappa shape index (κ3) is 2.56. The monoisotopic (exact) mass is 582 g/mol. The van der Waals surface area contributed by atoms with Gasteiger partial charge >= 0.3 is 5.69 Å². The number of anilines is 1. The molecule has 0 aromatic heterocycles. The number of carbonyl (C=O) groups is 1. The number of non-ortho nitro benzene ring substituents is 1. The van der Waals surface area contributed by atoms with Crippen molar-refractivity contribution in [1.29, 1.82) is 0 Å². The van der Waals surface area contributed by atoms with E-state index in [2.05, 4.69) is 58.6 Å². The molecule has 1 aromatic carbocycles. The van der Waals surface area contributed by atoms with Crippen LogP contribution in [-0.2, 0) is 4.79 Å². The van der Waals surface area contributed by atoms with Gasteiger partial charge in [0.15, 0.2) is 0 Å². The number of benzene rings is 1. The maximum Gasteiger partial charge on any atom is 0.300 e. The third-order valence-electron chi connectivity index (χ3n) is 6.59. The Balaban J connectivity index is 1.83. The summed E-state index contributed by atoms with van der Waals surface area (Å²) in [6.45, 7) is 4.09. The summed E-state index contributed by atoms with van der Waals surface area (Å²) >= 11 is 10.9. The highest BCUT2D eigenvalue weighted by molar-refractivity contribution is 9.24. The largest absolute Gasteiger partial charge is 0.300 e. The summed E-state index contributed by atoms with van der Waals surface area (Å²) in [6.07, 6.45) is 1.50. The minimum absolute atomic E-state index is 0.0216. The summed E-state index contributed by atoms with van der Waals surface area (Å²) in [5, 5.41) is 22.1. The summed E-state index contributed by atoms with van der Waals surface area (Å²) in [4.78, 5) is 33.7. The van der Waals surface area contributed by atoms with Gasteiger partial charge in [-0.05, 0) is 24.3 Å². The molecule has 28 heavy (non-hydrogen) atoms. The SMILES string of the molecule is CC1(C)C2(C(=O)NNc3ccc([N+](=O)[O-])cc3[N+](=O)[O-])CCC1(C(Br)Br)C2Br. The lowest BCUT2D eigenvalue weighted by Crippen LogP contribution is -2.72. The molecule has 3 aliphatic rings. The molecule has 0 aliphatic heterocycles. The van der Waals surface area contributed by atoms with Crippen molar-refractivity contribution in [3.8, 4) is 0 Å². The predicted octanol–water partition coefficient (Wildman–Crippen LogP) is 4.63. The van der Waals surface area contributed by atoms with Crippen molar-refractivity contribution in [2.45, 2.75) is 35.3 Å². The quantitative estimate of drug-likeness (QED) is 0.285. The van der Waals surface area contributed by atoms with Gasteiger partial charge in [0.25, 0.3) is 5.69 Å². The summed E-state index contributed by atoms with van der Waals surface area (Å²) in [5.41, 5.74) is 3.08. The first-order valence-corrected chi connectivity index (χ1v) is 11.1. The van der Waals surface area contributed by atoms with Crippen LogP contribution in [0.2, 0.25) is 0 Å². The van der Waals surface area contributed by atoms with E-state index in [0.29, 0.717) is 6.42 Å². The number of rotatable bonds is 6. The number of alkyl halides is 3. The average Bonchev–Trinajstić information content (AvgIpc) is 3.09. The van der Waals surface area contributed by atoms with Crippen LogP contribution in [0.4, 0.5) is 17.1 Å². The molecule has 1 aromatic rings. The molecule has 3 unspecified atom stereocenters. The van der Waals surface area contributed by atoms with E-state index in [9.17, 15) is 25.0 Å². The second kappa shape index (κ2) is 6.91. The lowest BCUT2D eigenvalue weighted by molar-refractivity contribution is -0.393. The first kappa shape index (κ1) is 21.4. The Morgan fingerprint density at radius 2 is 1.86 bits per heavy atom. The zero-order chi connectivity index (χ0) is 21.1. The summed E-state index contributed by atoms with van der Waals surface area (Å²) < 4.78 is 0.0269. The molecule has 4 rings (SSSR count). The van der Waals surface area contributed by atoms with Crippen molar-refractivity contribution in [2.75, 3.05) is 5.43 Å². The zero-order valence-electron chi connectivity index (χ0n) is 14.9. The molecule has 3 saturated carbocycles. The molecule has 0 radical (unpaired) electrons. The van der Waals surface area contributed by atoms with Gasteiger partial charge in [0, 0.05) is 16.3 Å². The molecule has 12 heteroatoms. The normalized spacial score (nSPS) is 29.9. The van der Waals surface area contributed by atoms with Crippen LogP contribution >= 0.6 is 47.8 Å². The predicted molar refractivity (Wildman–Crippen MR) is 114 cm³/mol. The van der Waals surface area contributed by atoms with Crippen molar-refractivity contribution < 1.29 is 14.6 Å². The van der Waals surface area contributed by atoms with E-state index in [1.165, 1.54) is 6.07 Å². The minimum Gasteiger partial charge on any atom is -0.292 e. The van der Waals surface area contributed by atoms with Gasteiger partial charge in [-0.1, -0.05) is 61.6 Å². The molecule has 0 heterocycles. The number of nitrogens with zero attached hydrogens (tertiary/aromatic N) is 2. The van der Waals surface area contributed by atoms with Crippen LogP contribution in [0.5, 0.6) is 0 Å². The molecule has 1 amide bonds. The maximum atomic E-state index is 13.1. The summed E-state index contributed by atoms with van der Waals surface area (Å²) in [5.74, 6) is -0.277. The molecule has 152 valence electrons. The first-order chi connectivity index (χ1) is 12.9. The number of hydrogen-bond acceptors (Lipinski definition) is 6. The van der Waals surface area contributed by atoms with E-state index in [1.807, 2.05) is 13.8 Å². The Morgan fingerprint density at radius 3 is 2.32 bits per heavy atom. The first-order valence-electron chi connectivity index (χ1n) is 8.35. The van der Waals surface area contributed by atoms with Crippen LogP contribution < -0.4 is 10.9 Å². The van der Waals surface area contributed by atoms with Gasteiger partial charge in [0.1, 0.15) is 5.69 Å². The Labute approximate surface area is 185 Å². The number of hydrogen-bond donors (Lipinski definition) is 2. The molecule has 2 N–H and O–H groups in total. The number of carbonyl (C=O) groups excluding carboxylic acids is 1. The number of nitrogens with one attached hydrogen (secondary N) is 2. The van der Waals surface area contributed by atoms with Crippen molar-refractivity contribution >= 4 is 70.8 Å². The molecular formula is C16H17Br3N4O5. The molecule has 3 atom stereocenters. The molecule has 2 bridgehead atoms. The third-order valence-corrected chi connectivity index (χ3v) is 9.82. The van der Waals surface area contributed by atoms with Crippen LogP contribution in [0.3, 0.4) is 0 Å². The van der Waals surface area contributed by atoms with E-state index in [-0.39, 0.29) is 31.0 Å². The zero-order valence-corrected chi connectivity index (χ0v) is 19.6. The molecule has 0 spiro atoms. The standard InChI is InChI=1S/C16H17Br3N4O5/c1-14(2)15(12(18)19)5-6-16(14,11(15)17)13(24)21-20-9-4-3-8(22(25)26)7-10(9)23(27)28/h3-4,7,11-12,20H,5-6H2,1-2H3,(H,21,24). The fourth-order valence-electron chi connectivity index (χ4n) is 4.82. The Bertz CT molecular complexity index is 880. The lowest BCUT2D eigenvalue weighted by Gasteiger charge is -2.66. The smallest absolute Gasteiger partial charge is 0.292 e. The van der Waals surface area contributed by atoms with Gasteiger partial charge in [-0.15, -0.1) is 0 Å². The van der Waals surface area contributed by atoms with Gasteiger partial charge in [-0.3, -0.25) is 35.9 Å². The highest BCUT2D eigenvalue weighted by atomic mass is 79.9. The highest BCUT2D eigenvalue weighted by Gasteiger charge is 2.83. The Hall–Kier alpha value is -1.27. The van der Waals surface area contributed by atoms with E-state index < -0.39 is 26.6 Å². The lowest BCUT2D eigenvalue weighted by atomic mass is 9.43. The highest BCUT2D eigenvalue weighted by Crippen LogP contribution is 2.82. The number of hydrazine groups is 1. The second-order valence-corrected chi connectivity index (χ2v) is 11.6. The number of fused-ring (bicyclic) bond motifs is 1. The maximum absolute atomic E-state index is 13.1. The van der Waals surface area contributed by atoms with E-state index in [0.717, 1.165) is 18.6 Å². The van der Waals surface area contributed by atoms with Crippen LogP contribution in [0.25, 0.3) is 0 Å².